The van der Waals surface area contributed by atoms with Crippen LogP contribution in [0.5, 0.6) is 0 Å². The predicted octanol–water partition coefficient (Wildman–Crippen LogP) is 2.65. The lowest BCUT2D eigenvalue weighted by molar-refractivity contribution is -0.186. The molecule has 0 aliphatic heterocycles. The maximum absolute atomic E-state index is 12.9. The van der Waals surface area contributed by atoms with Gasteiger partial charge in [-0.3, -0.25) is 14.2 Å². The Labute approximate surface area is 157 Å². The van der Waals surface area contributed by atoms with E-state index >= 15 is 0 Å². The molecule has 0 saturated heterocycles. The van der Waals surface area contributed by atoms with Crippen molar-refractivity contribution < 1.29 is 41.9 Å². The number of aliphatic carboxylic acids is 1. The summed E-state index contributed by atoms with van der Waals surface area (Å²) in [5.74, 6) is -4.36. The largest absolute Gasteiger partial charge is 0.480 e. The minimum atomic E-state index is -5.45. The summed E-state index contributed by atoms with van der Waals surface area (Å²) < 4.78 is 56.0. The van der Waals surface area contributed by atoms with Crippen molar-refractivity contribution in [3.63, 3.8) is 0 Å². The van der Waals surface area contributed by atoms with Crippen molar-refractivity contribution >= 4 is 31.2 Å². The van der Waals surface area contributed by atoms with Crippen molar-refractivity contribution in [3.05, 3.63) is 30.3 Å². The van der Waals surface area contributed by atoms with Crippen molar-refractivity contribution in [2.75, 3.05) is 6.54 Å². The van der Waals surface area contributed by atoms with Gasteiger partial charge in [-0.1, -0.05) is 30.0 Å². The number of hydrogen-bond donors (Lipinski definition) is 3. The second kappa shape index (κ2) is 9.56. The quantitative estimate of drug-likeness (QED) is 0.237. The van der Waals surface area contributed by atoms with Gasteiger partial charge in [-0.25, -0.2) is 4.62 Å². The van der Waals surface area contributed by atoms with Gasteiger partial charge in [0, 0.05) is 10.9 Å². The van der Waals surface area contributed by atoms with Crippen molar-refractivity contribution in [2.45, 2.75) is 36.1 Å². The molecule has 0 heterocycles. The van der Waals surface area contributed by atoms with Crippen LogP contribution in [0.2, 0.25) is 0 Å². The summed E-state index contributed by atoms with van der Waals surface area (Å²) >= 11 is 0.405. The first kappa shape index (κ1) is 23.4. The number of hydrogen-bond acceptors (Lipinski definition) is 6. The number of carbonyl (C=O) groups excluding carboxylic acids is 1. The number of carboxylic acids is 1. The monoisotopic (exact) mass is 430 g/mol. The van der Waals surface area contributed by atoms with E-state index in [-0.39, 0.29) is 9.80 Å². The van der Waals surface area contributed by atoms with Crippen LogP contribution in [-0.4, -0.2) is 50.7 Å². The minimum Gasteiger partial charge on any atom is -0.480 e. The molecule has 8 nitrogen and oxygen atoms in total. The third-order valence-electron chi connectivity index (χ3n) is 2.76. The third kappa shape index (κ3) is 7.51. The molecule has 0 fully saturated rings. The molecule has 1 aromatic rings. The topological polar surface area (TPSA) is 116 Å². The number of hydroxylamine groups is 1. The number of carbonyl (C=O) groups is 2. The van der Waals surface area contributed by atoms with E-state index in [0.717, 1.165) is 0 Å². The number of rotatable bonds is 9. The van der Waals surface area contributed by atoms with E-state index in [4.69, 9.17) is 5.11 Å². The van der Waals surface area contributed by atoms with Gasteiger partial charge in [0.05, 0.1) is 0 Å². The van der Waals surface area contributed by atoms with Crippen LogP contribution in [0.4, 0.5) is 13.2 Å². The molecule has 0 bridgehead atoms. The van der Waals surface area contributed by atoms with E-state index in [1.54, 1.807) is 6.07 Å². The van der Waals surface area contributed by atoms with E-state index in [1.807, 2.05) is 0 Å². The number of benzene rings is 1. The molecule has 2 unspecified atom stereocenters. The Hall–Kier alpha value is -1.59. The van der Waals surface area contributed by atoms with Crippen LogP contribution < -0.4 is 5.48 Å². The number of alkyl halides is 3. The molecular weight excluding hydrogens is 412 g/mol. The summed E-state index contributed by atoms with van der Waals surface area (Å²) in [5, 5.41) is 6.74. The lowest BCUT2D eigenvalue weighted by Gasteiger charge is -2.32. The second-order valence-electron chi connectivity index (χ2n) is 5.51. The summed E-state index contributed by atoms with van der Waals surface area (Å²) in [7, 11) is -4.96. The predicted molar refractivity (Wildman–Crippen MR) is 90.7 cm³/mol. The zero-order valence-corrected chi connectivity index (χ0v) is 15.9. The summed E-state index contributed by atoms with van der Waals surface area (Å²) in [5.41, 5.74) is 2.14. The first-order valence-corrected chi connectivity index (χ1v) is 9.95. The van der Waals surface area contributed by atoms with Crippen LogP contribution in [0.3, 0.4) is 0 Å². The molecule has 1 amide bonds. The average molecular weight is 430 g/mol. The van der Waals surface area contributed by atoms with Crippen LogP contribution >= 0.6 is 19.4 Å². The minimum absolute atomic E-state index is 0.232. The van der Waals surface area contributed by atoms with Gasteiger partial charge in [0.1, 0.15) is 6.54 Å². The number of halogens is 3. The first-order valence-electron chi connectivity index (χ1n) is 7.42. The molecule has 3 N–H and O–H groups in total. The lowest BCUT2D eigenvalue weighted by Crippen LogP contribution is -2.48. The zero-order chi connectivity index (χ0) is 20.8. The van der Waals surface area contributed by atoms with E-state index < -0.39 is 43.4 Å². The fourth-order valence-electron chi connectivity index (χ4n) is 1.71. The average Bonchev–Trinajstić information content (AvgIpc) is 2.55. The number of carboxylic acid groups (broad SMARTS) is 1. The van der Waals surface area contributed by atoms with Gasteiger partial charge in [0.15, 0.2) is 5.11 Å². The van der Waals surface area contributed by atoms with Crippen LogP contribution in [0.15, 0.2) is 35.2 Å². The van der Waals surface area contributed by atoms with Crippen molar-refractivity contribution in [2.24, 2.45) is 0 Å². The third-order valence-corrected chi connectivity index (χ3v) is 6.09. The first-order chi connectivity index (χ1) is 12.3. The number of nitrogens with one attached hydrogen (secondary N) is 1. The van der Waals surface area contributed by atoms with Gasteiger partial charge in [-0.05, 0) is 26.0 Å². The van der Waals surface area contributed by atoms with Crippen LogP contribution in [-0.2, 0) is 18.8 Å². The Morgan fingerprint density at radius 3 is 2.30 bits per heavy atom. The molecule has 0 saturated carbocycles. The maximum Gasteiger partial charge on any atom is 0.471 e. The van der Waals surface area contributed by atoms with E-state index in [1.165, 1.54) is 38.1 Å². The Bertz CT molecular complexity index is 704. The Balaban J connectivity index is 3.34. The number of amides is 1. The van der Waals surface area contributed by atoms with E-state index in [9.17, 15) is 32.2 Å². The van der Waals surface area contributed by atoms with Gasteiger partial charge in [-0.2, -0.15) is 18.7 Å². The SMILES string of the molecule is CC(C)NOP(=O)(O)C(Sc1ccccc1)N(CC(=O)O)C(=O)C(F)(F)F. The normalized spacial score (nSPS) is 15.2. The smallest absolute Gasteiger partial charge is 0.471 e. The van der Waals surface area contributed by atoms with Crippen molar-refractivity contribution in [1.82, 2.24) is 10.4 Å². The lowest BCUT2D eigenvalue weighted by atomic mass is 10.4. The fraction of sp³-hybridized carbons (Fsp3) is 0.429. The molecule has 0 spiro atoms. The Morgan fingerprint density at radius 1 is 1.30 bits per heavy atom. The molecule has 27 heavy (non-hydrogen) atoms. The van der Waals surface area contributed by atoms with Crippen LogP contribution in [0.25, 0.3) is 0 Å². The standard InChI is InChI=1S/C14H18F3N2O6PS/c1-9(2)18-25-26(23,24)13(27-10-6-4-3-5-7-10)19(8-11(20)21)12(22)14(15,16)17/h3-7,9,13,18H,8H2,1-2H3,(H,20,21)(H,23,24). The molecule has 0 aliphatic carbocycles. The summed E-state index contributed by atoms with van der Waals surface area (Å²) in [6.07, 6.45) is -5.45. The molecule has 13 heteroatoms. The molecule has 1 rings (SSSR count). The van der Waals surface area contributed by atoms with Gasteiger partial charge in [0.25, 0.3) is 0 Å². The highest BCUT2D eigenvalue weighted by atomic mass is 32.2. The maximum atomic E-state index is 12.9. The molecule has 152 valence electrons. The molecule has 0 aliphatic rings. The van der Waals surface area contributed by atoms with Crippen molar-refractivity contribution in [3.8, 4) is 0 Å². The highest BCUT2D eigenvalue weighted by Crippen LogP contribution is 2.55. The highest BCUT2D eigenvalue weighted by Gasteiger charge is 2.51. The van der Waals surface area contributed by atoms with Crippen LogP contribution in [0, 0.1) is 0 Å². The Morgan fingerprint density at radius 2 is 1.85 bits per heavy atom. The summed E-state index contributed by atoms with van der Waals surface area (Å²) in [4.78, 5) is 32.9. The van der Waals surface area contributed by atoms with E-state index in [0.29, 0.717) is 11.8 Å². The zero-order valence-electron chi connectivity index (χ0n) is 14.2. The number of thioether (sulfide) groups is 1. The second-order valence-corrected chi connectivity index (χ2v) is 8.81. The summed E-state index contributed by atoms with van der Waals surface area (Å²) in [6, 6.07) is 7.00. The molecule has 0 aromatic heterocycles. The molecule has 1 aromatic carbocycles. The van der Waals surface area contributed by atoms with Crippen LogP contribution in [0.1, 0.15) is 13.8 Å². The Kier molecular flexibility index (Phi) is 8.30. The van der Waals surface area contributed by atoms with E-state index in [2.05, 4.69) is 10.1 Å². The molecule has 0 radical (unpaired) electrons. The number of nitrogens with zero attached hydrogens (tertiary/aromatic N) is 1. The summed E-state index contributed by atoms with van der Waals surface area (Å²) in [6.45, 7) is 1.63. The molecular formula is C14H18F3N2O6PS. The molecule has 2 atom stereocenters. The van der Waals surface area contributed by atoms with Crippen molar-refractivity contribution in [1.29, 1.82) is 0 Å². The highest BCUT2D eigenvalue weighted by molar-refractivity contribution is 8.05. The van der Waals surface area contributed by atoms with Gasteiger partial charge < -0.3 is 14.9 Å². The van der Waals surface area contributed by atoms with Gasteiger partial charge >= 0.3 is 25.6 Å². The van der Waals surface area contributed by atoms with Gasteiger partial charge in [-0.15, -0.1) is 0 Å². The fourth-order valence-corrected chi connectivity index (χ4v) is 4.59. The van der Waals surface area contributed by atoms with Gasteiger partial charge in [0.2, 0.25) is 0 Å².